The molecule has 1 aromatic heterocycles. The van der Waals surface area contributed by atoms with Crippen LogP contribution in [0, 0.1) is 0 Å². The van der Waals surface area contributed by atoms with Gasteiger partial charge in [0, 0.05) is 16.7 Å². The first-order chi connectivity index (χ1) is 6.84. The molecule has 0 amide bonds. The van der Waals surface area contributed by atoms with Gasteiger partial charge in [0.1, 0.15) is 12.9 Å². The highest BCUT2D eigenvalue weighted by molar-refractivity contribution is 9.10. The van der Waals surface area contributed by atoms with Crippen LogP contribution in [0.25, 0.3) is 0 Å². The first kappa shape index (κ1) is 11.2. The van der Waals surface area contributed by atoms with Gasteiger partial charge in [-0.3, -0.25) is 0 Å². The van der Waals surface area contributed by atoms with Crippen LogP contribution in [-0.2, 0) is 4.79 Å². The predicted octanol–water partition coefficient (Wildman–Crippen LogP) is 2.59. The van der Waals surface area contributed by atoms with Crippen molar-refractivity contribution in [2.75, 3.05) is 0 Å². The average Bonchev–Trinajstić information content (AvgIpc) is 2.17. The zero-order chi connectivity index (χ0) is 10.4. The van der Waals surface area contributed by atoms with Crippen molar-refractivity contribution in [2.24, 2.45) is 0 Å². The highest BCUT2D eigenvalue weighted by atomic mass is 79.9. The summed E-state index contributed by atoms with van der Waals surface area (Å²) in [6, 6.07) is 3.84. The van der Waals surface area contributed by atoms with E-state index in [1.165, 1.54) is 19.3 Å². The lowest BCUT2D eigenvalue weighted by Gasteiger charge is -2.25. The van der Waals surface area contributed by atoms with E-state index in [4.69, 9.17) is 9.53 Å². The Hall–Kier alpha value is -0.900. The second-order valence-electron chi connectivity index (χ2n) is 2.99. The summed E-state index contributed by atoms with van der Waals surface area (Å²) in [7, 11) is 0. The molecule has 0 aliphatic heterocycles. The molecular formula is C10H12BrNO2. The summed E-state index contributed by atoms with van der Waals surface area (Å²) < 4.78 is 6.56. The van der Waals surface area contributed by atoms with E-state index in [1.54, 1.807) is 6.20 Å². The molecule has 0 saturated heterocycles. The summed E-state index contributed by atoms with van der Waals surface area (Å²) in [5.74, 6) is 0.739. The minimum Gasteiger partial charge on any atom is -0.474 e. The molecule has 1 fully saturated rings. The Kier molecular flexibility index (Phi) is 4.59. The zero-order valence-electron chi connectivity index (χ0n) is 7.78. The van der Waals surface area contributed by atoms with Gasteiger partial charge in [-0.15, -0.1) is 0 Å². The van der Waals surface area contributed by atoms with E-state index in [1.807, 2.05) is 18.9 Å². The summed E-state index contributed by atoms with van der Waals surface area (Å²) in [6.07, 6.45) is 5.82. The molecule has 0 radical (unpaired) electrons. The quantitative estimate of drug-likeness (QED) is 0.818. The van der Waals surface area contributed by atoms with Crippen LogP contribution < -0.4 is 4.74 Å². The molecule has 1 aliphatic carbocycles. The number of rotatable bonds is 2. The lowest BCUT2D eigenvalue weighted by molar-refractivity contribution is -0.0979. The number of ether oxygens (including phenoxy) is 1. The molecule has 0 atom stereocenters. The molecule has 3 nitrogen and oxygen atoms in total. The Morgan fingerprint density at radius 3 is 2.57 bits per heavy atom. The smallest absolute Gasteiger partial charge is 0.213 e. The molecule has 1 aliphatic rings. The van der Waals surface area contributed by atoms with Crippen molar-refractivity contribution in [1.82, 2.24) is 4.98 Å². The van der Waals surface area contributed by atoms with Gasteiger partial charge in [0.05, 0.1) is 0 Å². The number of nitrogens with zero attached hydrogens (tertiary/aromatic N) is 1. The number of pyridine rings is 1. The van der Waals surface area contributed by atoms with E-state index in [0.29, 0.717) is 6.10 Å². The number of carbonyl (C=O) groups excluding carboxylic acids is 1. The topological polar surface area (TPSA) is 39.2 Å². The van der Waals surface area contributed by atoms with Gasteiger partial charge in [-0.25, -0.2) is 4.98 Å². The third-order valence-electron chi connectivity index (χ3n) is 2.04. The molecule has 2 rings (SSSR count). The van der Waals surface area contributed by atoms with Gasteiger partial charge in [-0.1, -0.05) is 0 Å². The molecule has 0 spiro atoms. The second kappa shape index (κ2) is 5.75. The van der Waals surface area contributed by atoms with E-state index in [2.05, 4.69) is 20.9 Å². The fourth-order valence-electron chi connectivity index (χ4n) is 1.09. The second-order valence-corrected chi connectivity index (χ2v) is 3.90. The van der Waals surface area contributed by atoms with Crippen LogP contribution in [0.5, 0.6) is 5.88 Å². The SMILES string of the molecule is Brc1ccc(OC2CCC2)nc1.C=O. The van der Waals surface area contributed by atoms with Crippen molar-refractivity contribution < 1.29 is 9.53 Å². The van der Waals surface area contributed by atoms with Crippen LogP contribution in [0.4, 0.5) is 0 Å². The predicted molar refractivity (Wildman–Crippen MR) is 57.3 cm³/mol. The van der Waals surface area contributed by atoms with Crippen LogP contribution in [0.1, 0.15) is 19.3 Å². The van der Waals surface area contributed by atoms with Gasteiger partial charge in [0.25, 0.3) is 0 Å². The molecule has 1 heterocycles. The van der Waals surface area contributed by atoms with Crippen molar-refractivity contribution in [3.05, 3.63) is 22.8 Å². The fraction of sp³-hybridized carbons (Fsp3) is 0.400. The summed E-state index contributed by atoms with van der Waals surface area (Å²) in [6.45, 7) is 2.00. The van der Waals surface area contributed by atoms with Crippen LogP contribution in [0.15, 0.2) is 22.8 Å². The summed E-state index contributed by atoms with van der Waals surface area (Å²) in [5.41, 5.74) is 0. The molecule has 14 heavy (non-hydrogen) atoms. The Morgan fingerprint density at radius 1 is 1.43 bits per heavy atom. The monoisotopic (exact) mass is 257 g/mol. The third kappa shape index (κ3) is 3.10. The molecule has 0 aromatic carbocycles. The number of halogens is 1. The minimum atomic E-state index is 0.415. The average molecular weight is 258 g/mol. The first-order valence-electron chi connectivity index (χ1n) is 4.42. The normalized spacial score (nSPS) is 14.9. The summed E-state index contributed by atoms with van der Waals surface area (Å²) >= 11 is 3.32. The van der Waals surface area contributed by atoms with Crippen molar-refractivity contribution in [1.29, 1.82) is 0 Å². The van der Waals surface area contributed by atoms with Gasteiger partial charge >= 0.3 is 0 Å². The molecule has 0 N–H and O–H groups in total. The van der Waals surface area contributed by atoms with Gasteiger partial charge in [-0.2, -0.15) is 0 Å². The van der Waals surface area contributed by atoms with Crippen molar-refractivity contribution >= 4 is 22.7 Å². The fourth-order valence-corrected chi connectivity index (χ4v) is 1.33. The summed E-state index contributed by atoms with van der Waals surface area (Å²) in [5, 5.41) is 0. The molecule has 76 valence electrons. The number of hydrogen-bond acceptors (Lipinski definition) is 3. The molecule has 1 saturated carbocycles. The largest absolute Gasteiger partial charge is 0.474 e. The van der Waals surface area contributed by atoms with Crippen molar-refractivity contribution in [3.63, 3.8) is 0 Å². The Morgan fingerprint density at radius 2 is 2.14 bits per heavy atom. The molecule has 1 aromatic rings. The highest BCUT2D eigenvalue weighted by Gasteiger charge is 2.19. The Balaban J connectivity index is 0.000000461. The van der Waals surface area contributed by atoms with Crippen LogP contribution in [0.3, 0.4) is 0 Å². The number of hydrogen-bond donors (Lipinski definition) is 0. The summed E-state index contributed by atoms with van der Waals surface area (Å²) in [4.78, 5) is 12.1. The van der Waals surface area contributed by atoms with Gasteiger partial charge < -0.3 is 9.53 Å². The molecule has 0 bridgehead atoms. The van der Waals surface area contributed by atoms with E-state index in [0.717, 1.165) is 10.4 Å². The highest BCUT2D eigenvalue weighted by Crippen LogP contribution is 2.24. The van der Waals surface area contributed by atoms with E-state index >= 15 is 0 Å². The molecule has 0 unspecified atom stereocenters. The Bertz CT molecular complexity index is 272. The lowest BCUT2D eigenvalue weighted by atomic mass is 9.96. The molecule has 4 heteroatoms. The molecular weight excluding hydrogens is 246 g/mol. The van der Waals surface area contributed by atoms with Crippen molar-refractivity contribution in [2.45, 2.75) is 25.4 Å². The van der Waals surface area contributed by atoms with E-state index in [9.17, 15) is 0 Å². The van der Waals surface area contributed by atoms with Crippen molar-refractivity contribution in [3.8, 4) is 5.88 Å². The maximum atomic E-state index is 8.00. The first-order valence-corrected chi connectivity index (χ1v) is 5.21. The minimum absolute atomic E-state index is 0.415. The van der Waals surface area contributed by atoms with Crippen LogP contribution in [-0.4, -0.2) is 17.9 Å². The maximum Gasteiger partial charge on any atom is 0.213 e. The Labute approximate surface area is 91.6 Å². The van der Waals surface area contributed by atoms with Crippen LogP contribution >= 0.6 is 15.9 Å². The number of carbonyl (C=O) groups is 1. The lowest BCUT2D eigenvalue weighted by Crippen LogP contribution is -2.24. The van der Waals surface area contributed by atoms with Gasteiger partial charge in [0.2, 0.25) is 5.88 Å². The zero-order valence-corrected chi connectivity index (χ0v) is 9.37. The van der Waals surface area contributed by atoms with E-state index < -0.39 is 0 Å². The van der Waals surface area contributed by atoms with Gasteiger partial charge in [0.15, 0.2) is 0 Å². The number of aromatic nitrogens is 1. The van der Waals surface area contributed by atoms with Crippen LogP contribution in [0.2, 0.25) is 0 Å². The van der Waals surface area contributed by atoms with E-state index in [-0.39, 0.29) is 0 Å². The van der Waals surface area contributed by atoms with Gasteiger partial charge in [-0.05, 0) is 41.3 Å². The standard InChI is InChI=1S/C9H10BrNO.CH2O/c10-7-4-5-9(11-6-7)12-8-2-1-3-8;1-2/h4-6,8H,1-3H2;1H2. The maximum absolute atomic E-state index is 8.00. The third-order valence-corrected chi connectivity index (χ3v) is 2.51.